The number of H-pyrrole nitrogens is 1. The number of aromatic amines is 1. The molecule has 2 aromatic carbocycles. The highest BCUT2D eigenvalue weighted by Gasteiger charge is 2.24. The van der Waals surface area contributed by atoms with E-state index in [9.17, 15) is 9.59 Å². The van der Waals surface area contributed by atoms with Crippen LogP contribution in [0.5, 0.6) is 0 Å². The van der Waals surface area contributed by atoms with Gasteiger partial charge in [-0.2, -0.15) is 4.98 Å². The second-order valence-electron chi connectivity index (χ2n) is 10.4. The molecule has 0 saturated heterocycles. The number of fused-ring (bicyclic) bond motifs is 1. The minimum absolute atomic E-state index is 0.0987. The smallest absolute Gasteiger partial charge is 0.315 e. The van der Waals surface area contributed by atoms with Crippen LogP contribution in [0.3, 0.4) is 0 Å². The number of rotatable bonds is 8. The lowest BCUT2D eigenvalue weighted by atomic mass is 9.96. The normalized spacial score (nSPS) is 11.7. The molecule has 0 bridgehead atoms. The Morgan fingerprint density at radius 1 is 1.10 bits per heavy atom. The summed E-state index contributed by atoms with van der Waals surface area (Å²) in [4.78, 5) is 41.5. The number of alkyl halides is 1. The Bertz CT molecular complexity index is 1810. The molecule has 0 aliphatic carbocycles. The fourth-order valence-electron chi connectivity index (χ4n) is 4.13. The van der Waals surface area contributed by atoms with Crippen molar-refractivity contribution in [1.29, 1.82) is 0 Å². The molecule has 0 unspecified atom stereocenters. The molecule has 0 saturated carbocycles. The first kappa shape index (κ1) is 29.2. The fraction of sp³-hybridized carbons (Fsp3) is 0.200. The molecule has 10 nitrogen and oxygen atoms in total. The number of carbonyl (C=O) groups is 2. The molecule has 0 atom stereocenters. The van der Waals surface area contributed by atoms with Crippen molar-refractivity contribution in [3.8, 4) is 22.5 Å². The van der Waals surface area contributed by atoms with Crippen molar-refractivity contribution in [3.05, 3.63) is 89.2 Å². The highest BCUT2D eigenvalue weighted by atomic mass is 79.9. The van der Waals surface area contributed by atoms with Gasteiger partial charge in [-0.25, -0.2) is 9.97 Å². The first-order chi connectivity index (χ1) is 20.1. The average molecular weight is 649 g/mol. The SMILES string of the molecule is CC(C)(C)c1noc(C(=O)NCc2ccc(-c3ccnc4nc(-c5ccccc5NC(=O)/C=C/CBr)[nH]c34)cc2Cl)n1. The van der Waals surface area contributed by atoms with E-state index in [1.807, 2.05) is 69.3 Å². The second-order valence-corrected chi connectivity index (χ2v) is 11.5. The van der Waals surface area contributed by atoms with Crippen molar-refractivity contribution in [2.24, 2.45) is 0 Å². The highest BCUT2D eigenvalue weighted by molar-refractivity contribution is 9.09. The summed E-state index contributed by atoms with van der Waals surface area (Å²) in [5.74, 6) is 0.199. The van der Waals surface area contributed by atoms with Gasteiger partial charge in [-0.15, -0.1) is 0 Å². The van der Waals surface area contributed by atoms with E-state index in [-0.39, 0.29) is 23.8 Å². The lowest BCUT2D eigenvalue weighted by Gasteiger charge is -2.11. The van der Waals surface area contributed by atoms with Crippen LogP contribution >= 0.6 is 27.5 Å². The van der Waals surface area contributed by atoms with Gasteiger partial charge in [-0.05, 0) is 35.4 Å². The zero-order valence-corrected chi connectivity index (χ0v) is 25.4. The van der Waals surface area contributed by atoms with Crippen LogP contribution in [0.15, 0.2) is 71.4 Å². The summed E-state index contributed by atoms with van der Waals surface area (Å²) in [5, 5.41) is 10.6. The van der Waals surface area contributed by atoms with Crippen molar-refractivity contribution in [1.82, 2.24) is 30.4 Å². The number of hydrogen-bond acceptors (Lipinski definition) is 7. The maximum atomic E-state index is 12.6. The van der Waals surface area contributed by atoms with Gasteiger partial charge in [0.2, 0.25) is 5.91 Å². The number of carbonyl (C=O) groups excluding carboxylic acids is 2. The van der Waals surface area contributed by atoms with Gasteiger partial charge in [-0.1, -0.05) is 83.8 Å². The molecule has 5 aromatic rings. The number of anilines is 1. The van der Waals surface area contributed by atoms with Gasteiger partial charge >= 0.3 is 11.8 Å². The molecule has 3 aromatic heterocycles. The van der Waals surface area contributed by atoms with Crippen LogP contribution in [-0.4, -0.2) is 42.2 Å². The molecule has 0 aliphatic heterocycles. The summed E-state index contributed by atoms with van der Waals surface area (Å²) in [5.41, 5.74) is 4.65. The van der Waals surface area contributed by atoms with E-state index in [0.29, 0.717) is 33.3 Å². The van der Waals surface area contributed by atoms with E-state index < -0.39 is 5.91 Å². The van der Waals surface area contributed by atoms with E-state index in [1.165, 1.54) is 6.08 Å². The first-order valence-corrected chi connectivity index (χ1v) is 14.5. The van der Waals surface area contributed by atoms with Crippen LogP contribution in [0.4, 0.5) is 5.69 Å². The summed E-state index contributed by atoms with van der Waals surface area (Å²) in [7, 11) is 0. The van der Waals surface area contributed by atoms with Crippen LogP contribution in [0.25, 0.3) is 33.7 Å². The lowest BCUT2D eigenvalue weighted by Crippen LogP contribution is -2.23. The van der Waals surface area contributed by atoms with Crippen molar-refractivity contribution in [3.63, 3.8) is 0 Å². The molecule has 5 rings (SSSR count). The molecule has 3 heterocycles. The van der Waals surface area contributed by atoms with Gasteiger partial charge in [0.15, 0.2) is 11.5 Å². The molecular formula is C30H27BrClN7O3. The number of nitrogens with zero attached hydrogens (tertiary/aromatic N) is 4. The Morgan fingerprint density at radius 2 is 1.90 bits per heavy atom. The molecule has 0 radical (unpaired) electrons. The Kier molecular flexibility index (Phi) is 8.51. The lowest BCUT2D eigenvalue weighted by molar-refractivity contribution is -0.111. The van der Waals surface area contributed by atoms with Crippen molar-refractivity contribution in [2.75, 3.05) is 10.6 Å². The van der Waals surface area contributed by atoms with E-state index in [1.54, 1.807) is 12.3 Å². The molecule has 42 heavy (non-hydrogen) atoms. The number of aromatic nitrogens is 5. The van der Waals surface area contributed by atoms with E-state index >= 15 is 0 Å². The summed E-state index contributed by atoms with van der Waals surface area (Å²) in [6.07, 6.45) is 4.87. The second kappa shape index (κ2) is 12.3. The maximum Gasteiger partial charge on any atom is 0.315 e. The molecule has 0 fully saturated rings. The summed E-state index contributed by atoms with van der Waals surface area (Å²) in [6, 6.07) is 14.9. The van der Waals surface area contributed by atoms with Gasteiger partial charge in [0.05, 0.1) is 11.2 Å². The minimum Gasteiger partial charge on any atom is -0.344 e. The Labute approximate surface area is 255 Å². The van der Waals surface area contributed by atoms with Crippen LogP contribution in [0.1, 0.15) is 42.8 Å². The zero-order valence-electron chi connectivity index (χ0n) is 23.0. The number of para-hydroxylation sites is 1. The number of hydrogen-bond donors (Lipinski definition) is 3. The van der Waals surface area contributed by atoms with Crippen LogP contribution in [0.2, 0.25) is 5.02 Å². The topological polar surface area (TPSA) is 139 Å². The fourth-order valence-corrected chi connectivity index (χ4v) is 4.57. The number of imidazole rings is 1. The van der Waals surface area contributed by atoms with Crippen LogP contribution in [0, 0.1) is 0 Å². The highest BCUT2D eigenvalue weighted by Crippen LogP contribution is 2.33. The van der Waals surface area contributed by atoms with Gasteiger partial charge < -0.3 is 20.1 Å². The Balaban J connectivity index is 1.37. The number of halogens is 2. The predicted octanol–water partition coefficient (Wildman–Crippen LogP) is 6.45. The molecule has 2 amide bonds. The quantitative estimate of drug-likeness (QED) is 0.130. The third-order valence-electron chi connectivity index (χ3n) is 6.28. The average Bonchev–Trinajstić information content (AvgIpc) is 3.64. The first-order valence-electron chi connectivity index (χ1n) is 13.0. The zero-order chi connectivity index (χ0) is 29.9. The third-order valence-corrected chi connectivity index (χ3v) is 7.01. The third kappa shape index (κ3) is 6.42. The van der Waals surface area contributed by atoms with Crippen molar-refractivity contribution < 1.29 is 14.1 Å². The van der Waals surface area contributed by atoms with E-state index in [0.717, 1.165) is 27.8 Å². The van der Waals surface area contributed by atoms with Gasteiger partial charge in [-0.3, -0.25) is 9.59 Å². The molecule has 0 spiro atoms. The summed E-state index contributed by atoms with van der Waals surface area (Å²) < 4.78 is 5.12. The molecular weight excluding hydrogens is 622 g/mol. The predicted molar refractivity (Wildman–Crippen MR) is 166 cm³/mol. The Hall–Kier alpha value is -4.35. The van der Waals surface area contributed by atoms with E-state index in [4.69, 9.17) is 16.1 Å². The number of amides is 2. The number of pyridine rings is 1. The van der Waals surface area contributed by atoms with Gasteiger partial charge in [0, 0.05) is 45.7 Å². The van der Waals surface area contributed by atoms with Crippen molar-refractivity contribution in [2.45, 2.75) is 32.7 Å². The number of nitrogens with one attached hydrogen (secondary N) is 3. The number of benzene rings is 2. The van der Waals surface area contributed by atoms with Crippen molar-refractivity contribution >= 4 is 56.2 Å². The van der Waals surface area contributed by atoms with Crippen LogP contribution in [-0.2, 0) is 16.8 Å². The monoisotopic (exact) mass is 647 g/mol. The summed E-state index contributed by atoms with van der Waals surface area (Å²) >= 11 is 9.91. The Morgan fingerprint density at radius 3 is 2.64 bits per heavy atom. The standard InChI is InChI=1S/C30H27BrClN7O3/c1-30(2,3)29-38-28(42-39-29)27(41)34-16-18-11-10-17(15-21(18)32)19-12-14-33-26-24(19)36-25(37-26)20-7-4-5-8-22(20)35-23(40)9-6-13-31/h4-12,14-15H,13,16H2,1-3H3,(H,34,41)(H,35,40)(H,33,36,37)/b9-6+. The minimum atomic E-state index is -0.477. The summed E-state index contributed by atoms with van der Waals surface area (Å²) in [6.45, 7) is 5.99. The molecule has 0 aliphatic rings. The molecule has 12 heteroatoms. The van der Waals surface area contributed by atoms with Crippen LogP contribution < -0.4 is 10.6 Å². The maximum absolute atomic E-state index is 12.6. The van der Waals surface area contributed by atoms with E-state index in [2.05, 4.69) is 51.7 Å². The largest absolute Gasteiger partial charge is 0.344 e. The number of allylic oxidation sites excluding steroid dienone is 1. The molecule has 214 valence electrons. The van der Waals surface area contributed by atoms with Gasteiger partial charge in [0.1, 0.15) is 5.82 Å². The van der Waals surface area contributed by atoms with Gasteiger partial charge in [0.25, 0.3) is 0 Å². The molecule has 3 N–H and O–H groups in total.